The molecule has 2 heterocycles. The number of nitrogens with one attached hydrogen (secondary N) is 1. The van der Waals surface area contributed by atoms with Crippen LogP contribution in [0.15, 0.2) is 40.0 Å². The van der Waals surface area contributed by atoms with Gasteiger partial charge in [-0.1, -0.05) is 17.7 Å². The molecule has 174 valence electrons. The summed E-state index contributed by atoms with van der Waals surface area (Å²) in [6.07, 6.45) is 3.52. The molecule has 0 saturated heterocycles. The normalized spacial score (nSPS) is 23.0. The number of aromatic nitrogens is 1. The lowest BCUT2D eigenvalue weighted by molar-refractivity contribution is -0.143. The number of thiazole rings is 1. The number of amidine groups is 1. The minimum absolute atomic E-state index is 0.114. The molecule has 0 spiro atoms. The van der Waals surface area contributed by atoms with Gasteiger partial charge in [0.1, 0.15) is 6.04 Å². The van der Waals surface area contributed by atoms with Gasteiger partial charge in [-0.2, -0.15) is 0 Å². The molecule has 1 aromatic heterocycles. The smallest absolute Gasteiger partial charge is 0.338 e. The van der Waals surface area contributed by atoms with Crippen LogP contribution in [0.2, 0.25) is 5.02 Å². The lowest BCUT2D eigenvalue weighted by atomic mass is 9.78. The maximum absolute atomic E-state index is 14.3. The molecule has 11 heteroatoms. The predicted molar refractivity (Wildman–Crippen MR) is 118 cm³/mol. The van der Waals surface area contributed by atoms with Gasteiger partial charge in [-0.15, -0.1) is 11.3 Å². The highest BCUT2D eigenvalue weighted by Crippen LogP contribution is 2.42. The first kappa shape index (κ1) is 23.3. The number of hydrogen-bond donors (Lipinski definition) is 2. The van der Waals surface area contributed by atoms with Crippen LogP contribution < -0.4 is 5.32 Å². The van der Waals surface area contributed by atoms with E-state index in [0.29, 0.717) is 42.2 Å². The Morgan fingerprint density at radius 2 is 1.97 bits per heavy atom. The van der Waals surface area contributed by atoms with E-state index < -0.39 is 40.6 Å². The molecule has 2 aromatic rings. The Hall–Kier alpha value is -2.85. The van der Waals surface area contributed by atoms with Gasteiger partial charge in [0.15, 0.2) is 22.5 Å². The molecule has 1 aliphatic carbocycles. The van der Waals surface area contributed by atoms with E-state index >= 15 is 0 Å². The molecular weight excluding hydrogens is 476 g/mol. The van der Waals surface area contributed by atoms with Crippen LogP contribution in [-0.2, 0) is 14.3 Å². The third-order valence-corrected chi connectivity index (χ3v) is 7.12. The van der Waals surface area contributed by atoms with E-state index in [4.69, 9.17) is 16.3 Å². The van der Waals surface area contributed by atoms with Gasteiger partial charge in [-0.3, -0.25) is 9.79 Å². The third kappa shape index (κ3) is 4.49. The standard InChI is InChI=1S/C22H20ClF2N3O4S/c1-32-22(31)14-17(10-2-4-11(5-3-10)21(29)30)27-19(20-26-8-9-33-20)28-18(14)12-6-7-13(24)16(25)15(12)23/h6-11,18H,2-5H2,1H3,(H,27,28)(H,29,30)/t10-,11-,18-/m0/s1. The summed E-state index contributed by atoms with van der Waals surface area (Å²) in [6, 6.07) is 1.16. The number of rotatable bonds is 5. The van der Waals surface area contributed by atoms with Gasteiger partial charge in [0.25, 0.3) is 0 Å². The summed E-state index contributed by atoms with van der Waals surface area (Å²) in [5.41, 5.74) is 0.754. The van der Waals surface area contributed by atoms with Gasteiger partial charge in [0.05, 0.1) is 23.6 Å². The zero-order valence-electron chi connectivity index (χ0n) is 17.5. The first-order valence-corrected chi connectivity index (χ1v) is 11.5. The summed E-state index contributed by atoms with van der Waals surface area (Å²) < 4.78 is 33.1. The average molecular weight is 496 g/mol. The Labute approximate surface area is 197 Å². The van der Waals surface area contributed by atoms with Gasteiger partial charge in [-0.25, -0.2) is 18.6 Å². The number of nitrogens with zero attached hydrogens (tertiary/aromatic N) is 2. The summed E-state index contributed by atoms with van der Waals surface area (Å²) in [5, 5.41) is 14.4. The van der Waals surface area contributed by atoms with Crippen LogP contribution in [0.4, 0.5) is 8.78 Å². The van der Waals surface area contributed by atoms with Gasteiger partial charge in [0, 0.05) is 22.8 Å². The number of hydrogen-bond acceptors (Lipinski definition) is 7. The highest BCUT2D eigenvalue weighted by atomic mass is 35.5. The van der Waals surface area contributed by atoms with Crippen molar-refractivity contribution < 1.29 is 28.2 Å². The molecule has 2 N–H and O–H groups in total. The van der Waals surface area contributed by atoms with Crippen molar-refractivity contribution in [3.05, 3.63) is 62.2 Å². The zero-order valence-corrected chi connectivity index (χ0v) is 19.1. The van der Waals surface area contributed by atoms with Crippen LogP contribution in [0.1, 0.15) is 42.3 Å². The first-order valence-electron chi connectivity index (χ1n) is 10.2. The molecule has 1 saturated carbocycles. The van der Waals surface area contributed by atoms with Crippen molar-refractivity contribution in [1.29, 1.82) is 0 Å². The number of halogens is 3. The summed E-state index contributed by atoms with van der Waals surface area (Å²) in [5.74, 6) is -4.15. The molecule has 0 radical (unpaired) electrons. The fraction of sp³-hybridized carbons (Fsp3) is 0.364. The van der Waals surface area contributed by atoms with Gasteiger partial charge in [-0.05, 0) is 37.7 Å². The molecule has 4 rings (SSSR count). The summed E-state index contributed by atoms with van der Waals surface area (Å²) in [6.45, 7) is 0. The number of benzene rings is 1. The van der Waals surface area contributed by atoms with Crippen LogP contribution in [0.3, 0.4) is 0 Å². The van der Waals surface area contributed by atoms with Crippen molar-refractivity contribution in [2.75, 3.05) is 7.11 Å². The van der Waals surface area contributed by atoms with Gasteiger partial charge in [0.2, 0.25) is 0 Å². The molecule has 0 unspecified atom stereocenters. The molecule has 2 aliphatic rings. The van der Waals surface area contributed by atoms with Crippen LogP contribution >= 0.6 is 22.9 Å². The van der Waals surface area contributed by atoms with Crippen molar-refractivity contribution in [3.63, 3.8) is 0 Å². The van der Waals surface area contributed by atoms with E-state index in [1.165, 1.54) is 24.5 Å². The minimum Gasteiger partial charge on any atom is -0.481 e. The van der Waals surface area contributed by atoms with Crippen LogP contribution in [0.25, 0.3) is 0 Å². The quantitative estimate of drug-likeness (QED) is 0.468. The Bertz CT molecular complexity index is 1140. The maximum Gasteiger partial charge on any atom is 0.338 e. The number of allylic oxidation sites excluding steroid dienone is 1. The molecule has 1 aliphatic heterocycles. The van der Waals surface area contributed by atoms with E-state index in [1.54, 1.807) is 11.6 Å². The van der Waals surface area contributed by atoms with E-state index in [0.717, 1.165) is 6.07 Å². The second-order valence-electron chi connectivity index (χ2n) is 7.81. The first-order chi connectivity index (χ1) is 15.8. The zero-order chi connectivity index (χ0) is 23.7. The summed E-state index contributed by atoms with van der Waals surface area (Å²) in [7, 11) is 1.22. The van der Waals surface area contributed by atoms with Crippen molar-refractivity contribution in [1.82, 2.24) is 10.3 Å². The minimum atomic E-state index is -1.23. The Kier molecular flexibility index (Phi) is 6.76. The molecule has 1 aromatic carbocycles. The highest BCUT2D eigenvalue weighted by Gasteiger charge is 2.38. The molecule has 0 bridgehead atoms. The molecular formula is C22H20ClF2N3O4S. The van der Waals surface area contributed by atoms with Crippen LogP contribution in [0.5, 0.6) is 0 Å². The summed E-state index contributed by atoms with van der Waals surface area (Å²) in [4.78, 5) is 33.2. The van der Waals surface area contributed by atoms with Gasteiger partial charge >= 0.3 is 11.9 Å². The Morgan fingerprint density at radius 3 is 2.58 bits per heavy atom. The lowest BCUT2D eigenvalue weighted by Gasteiger charge is -2.34. The third-order valence-electron chi connectivity index (χ3n) is 5.96. The topological polar surface area (TPSA) is 101 Å². The van der Waals surface area contributed by atoms with Crippen molar-refractivity contribution >= 4 is 40.7 Å². The second kappa shape index (κ2) is 9.56. The predicted octanol–water partition coefficient (Wildman–Crippen LogP) is 4.48. The molecule has 0 amide bonds. The van der Waals surface area contributed by atoms with Gasteiger partial charge < -0.3 is 15.2 Å². The average Bonchev–Trinajstić information content (AvgIpc) is 3.36. The number of carbonyl (C=O) groups excluding carboxylic acids is 1. The van der Waals surface area contributed by atoms with Crippen molar-refractivity contribution in [2.24, 2.45) is 16.8 Å². The molecule has 7 nitrogen and oxygen atoms in total. The number of aliphatic carboxylic acids is 1. The fourth-order valence-corrected chi connectivity index (χ4v) is 5.12. The van der Waals surface area contributed by atoms with E-state index in [1.807, 2.05) is 0 Å². The Balaban J connectivity index is 1.85. The molecule has 1 atom stereocenters. The second-order valence-corrected chi connectivity index (χ2v) is 9.09. The largest absolute Gasteiger partial charge is 0.481 e. The van der Waals surface area contributed by atoms with Crippen LogP contribution in [-0.4, -0.2) is 35.0 Å². The van der Waals surface area contributed by atoms with Crippen molar-refractivity contribution in [3.8, 4) is 0 Å². The number of carboxylic acids is 1. The monoisotopic (exact) mass is 495 g/mol. The van der Waals surface area contributed by atoms with E-state index in [-0.39, 0.29) is 17.1 Å². The SMILES string of the molecule is COC(=O)C1=C([C@H]2CC[C@H](C(=O)O)CC2)NC(c2nccs2)=N[C@H]1c1ccc(F)c(F)c1Cl. The van der Waals surface area contributed by atoms with E-state index in [2.05, 4.69) is 15.3 Å². The highest BCUT2D eigenvalue weighted by molar-refractivity contribution is 7.11. The number of aliphatic imine (C=N–C) groups is 1. The molecule has 33 heavy (non-hydrogen) atoms. The van der Waals surface area contributed by atoms with Crippen LogP contribution in [0, 0.1) is 23.5 Å². The number of methoxy groups -OCH3 is 1. The fourth-order valence-electron chi connectivity index (χ4n) is 4.28. The number of carboxylic acid groups (broad SMARTS) is 1. The lowest BCUT2D eigenvalue weighted by Crippen LogP contribution is -2.38. The molecule has 1 fully saturated rings. The Morgan fingerprint density at radius 1 is 1.24 bits per heavy atom. The van der Waals surface area contributed by atoms with Crippen molar-refractivity contribution in [2.45, 2.75) is 31.7 Å². The maximum atomic E-state index is 14.3. The number of ether oxygens (including phenoxy) is 1. The van der Waals surface area contributed by atoms with E-state index in [9.17, 15) is 23.5 Å². The summed E-state index contributed by atoms with van der Waals surface area (Å²) >= 11 is 7.46. The number of esters is 1. The number of carbonyl (C=O) groups is 2.